The minimum absolute atomic E-state index is 0.940. The SMILES string of the molecule is Cc1c(CN2CCNCC2)nc2ccncn12. The van der Waals surface area contributed by atoms with Crippen LogP contribution in [0.1, 0.15) is 11.4 Å². The van der Waals surface area contributed by atoms with Crippen LogP contribution in [-0.4, -0.2) is 45.4 Å². The Balaban J connectivity index is 1.87. The molecule has 0 atom stereocenters. The summed E-state index contributed by atoms with van der Waals surface area (Å²) in [6, 6.07) is 1.95. The van der Waals surface area contributed by atoms with Crippen molar-refractivity contribution in [3.63, 3.8) is 0 Å². The van der Waals surface area contributed by atoms with Gasteiger partial charge in [0.1, 0.15) is 12.0 Å². The first kappa shape index (κ1) is 10.7. The van der Waals surface area contributed by atoms with Crippen LogP contribution in [0.2, 0.25) is 0 Å². The second kappa shape index (κ2) is 4.43. The second-order valence-corrected chi connectivity index (χ2v) is 4.48. The van der Waals surface area contributed by atoms with E-state index in [-0.39, 0.29) is 0 Å². The van der Waals surface area contributed by atoms with E-state index in [2.05, 4.69) is 31.5 Å². The van der Waals surface area contributed by atoms with Gasteiger partial charge < -0.3 is 5.32 Å². The van der Waals surface area contributed by atoms with Gasteiger partial charge in [-0.1, -0.05) is 0 Å². The van der Waals surface area contributed by atoms with E-state index >= 15 is 0 Å². The Morgan fingerprint density at radius 3 is 2.94 bits per heavy atom. The van der Waals surface area contributed by atoms with Gasteiger partial charge in [0.05, 0.1) is 5.69 Å². The lowest BCUT2D eigenvalue weighted by Gasteiger charge is -2.26. The van der Waals surface area contributed by atoms with Crippen LogP contribution in [0.4, 0.5) is 0 Å². The van der Waals surface area contributed by atoms with Crippen molar-refractivity contribution in [2.24, 2.45) is 0 Å². The monoisotopic (exact) mass is 231 g/mol. The Bertz CT molecular complexity index is 513. The van der Waals surface area contributed by atoms with Crippen LogP contribution < -0.4 is 5.32 Å². The van der Waals surface area contributed by atoms with Crippen molar-refractivity contribution in [2.75, 3.05) is 26.2 Å². The van der Waals surface area contributed by atoms with E-state index in [0.29, 0.717) is 0 Å². The number of nitrogens with one attached hydrogen (secondary N) is 1. The minimum atomic E-state index is 0.940. The fourth-order valence-electron chi connectivity index (χ4n) is 2.29. The first-order chi connectivity index (χ1) is 8.34. The average Bonchev–Trinajstić information content (AvgIpc) is 2.68. The van der Waals surface area contributed by atoms with Crippen LogP contribution in [0.5, 0.6) is 0 Å². The third-order valence-electron chi connectivity index (χ3n) is 3.35. The lowest BCUT2D eigenvalue weighted by atomic mass is 10.3. The molecule has 0 aromatic carbocycles. The predicted octanol–water partition coefficient (Wildman–Crippen LogP) is 0.443. The Labute approximate surface area is 100 Å². The van der Waals surface area contributed by atoms with Crippen LogP contribution in [0.25, 0.3) is 5.65 Å². The third kappa shape index (κ3) is 2.03. The number of hydrogen-bond acceptors (Lipinski definition) is 4. The molecule has 0 bridgehead atoms. The Morgan fingerprint density at radius 2 is 2.18 bits per heavy atom. The first-order valence-corrected chi connectivity index (χ1v) is 6.05. The smallest absolute Gasteiger partial charge is 0.140 e. The number of aromatic nitrogens is 3. The number of hydrogen-bond donors (Lipinski definition) is 1. The molecular weight excluding hydrogens is 214 g/mol. The molecule has 5 nitrogen and oxygen atoms in total. The molecule has 1 N–H and O–H groups in total. The first-order valence-electron chi connectivity index (χ1n) is 6.05. The van der Waals surface area contributed by atoms with Crippen molar-refractivity contribution in [3.8, 4) is 0 Å². The standard InChI is InChI=1S/C12H17N5/c1-10-11(8-16-6-4-13-5-7-16)15-12-2-3-14-9-17(10)12/h2-3,9,13H,4-8H2,1H3. The lowest BCUT2D eigenvalue weighted by Crippen LogP contribution is -2.43. The number of rotatable bonds is 2. The molecule has 3 rings (SSSR count). The Morgan fingerprint density at radius 1 is 1.35 bits per heavy atom. The second-order valence-electron chi connectivity index (χ2n) is 4.48. The van der Waals surface area contributed by atoms with E-state index in [4.69, 9.17) is 0 Å². The Kier molecular flexibility index (Phi) is 2.78. The zero-order valence-corrected chi connectivity index (χ0v) is 10.1. The van der Waals surface area contributed by atoms with E-state index in [1.54, 1.807) is 6.20 Å². The summed E-state index contributed by atoms with van der Waals surface area (Å²) in [5.74, 6) is 0. The highest BCUT2D eigenvalue weighted by Crippen LogP contribution is 2.13. The maximum atomic E-state index is 4.67. The summed E-state index contributed by atoms with van der Waals surface area (Å²) in [5.41, 5.74) is 3.36. The van der Waals surface area contributed by atoms with Gasteiger partial charge in [-0.2, -0.15) is 0 Å². The highest BCUT2D eigenvalue weighted by atomic mass is 15.2. The summed E-state index contributed by atoms with van der Waals surface area (Å²) in [4.78, 5) is 11.2. The molecule has 2 aromatic heterocycles. The average molecular weight is 231 g/mol. The maximum absolute atomic E-state index is 4.67. The summed E-state index contributed by atoms with van der Waals surface area (Å²) in [5, 5.41) is 3.36. The molecule has 0 unspecified atom stereocenters. The molecule has 0 saturated carbocycles. The molecule has 2 aromatic rings. The number of fused-ring (bicyclic) bond motifs is 1. The number of piperazine rings is 1. The van der Waals surface area contributed by atoms with Crippen molar-refractivity contribution < 1.29 is 0 Å². The van der Waals surface area contributed by atoms with Crippen LogP contribution in [0.3, 0.4) is 0 Å². The van der Waals surface area contributed by atoms with Gasteiger partial charge in [0, 0.05) is 44.6 Å². The molecule has 5 heteroatoms. The number of imidazole rings is 1. The molecule has 17 heavy (non-hydrogen) atoms. The summed E-state index contributed by atoms with van der Waals surface area (Å²) in [6.45, 7) is 7.41. The van der Waals surface area contributed by atoms with E-state index in [0.717, 1.165) is 38.4 Å². The zero-order valence-electron chi connectivity index (χ0n) is 10.1. The van der Waals surface area contributed by atoms with Gasteiger partial charge >= 0.3 is 0 Å². The largest absolute Gasteiger partial charge is 0.314 e. The number of nitrogens with zero attached hydrogens (tertiary/aromatic N) is 4. The van der Waals surface area contributed by atoms with Crippen LogP contribution in [0.15, 0.2) is 18.6 Å². The van der Waals surface area contributed by atoms with Gasteiger partial charge in [0.2, 0.25) is 0 Å². The molecule has 90 valence electrons. The minimum Gasteiger partial charge on any atom is -0.314 e. The van der Waals surface area contributed by atoms with Crippen molar-refractivity contribution in [1.29, 1.82) is 0 Å². The normalized spacial score (nSPS) is 17.7. The zero-order chi connectivity index (χ0) is 11.7. The van der Waals surface area contributed by atoms with Crippen molar-refractivity contribution in [1.82, 2.24) is 24.6 Å². The van der Waals surface area contributed by atoms with Gasteiger partial charge in [-0.3, -0.25) is 9.30 Å². The Hall–Kier alpha value is -1.46. The van der Waals surface area contributed by atoms with Crippen LogP contribution >= 0.6 is 0 Å². The van der Waals surface area contributed by atoms with E-state index in [1.807, 2.05) is 12.4 Å². The molecule has 1 fully saturated rings. The topological polar surface area (TPSA) is 45.5 Å². The molecule has 0 amide bonds. The molecule has 0 radical (unpaired) electrons. The quantitative estimate of drug-likeness (QED) is 0.815. The van der Waals surface area contributed by atoms with E-state index in [1.165, 1.54) is 11.4 Å². The van der Waals surface area contributed by atoms with Gasteiger partial charge in [0.15, 0.2) is 0 Å². The molecule has 1 saturated heterocycles. The summed E-state index contributed by atoms with van der Waals surface area (Å²) in [7, 11) is 0. The lowest BCUT2D eigenvalue weighted by molar-refractivity contribution is 0.230. The summed E-state index contributed by atoms with van der Waals surface area (Å²) < 4.78 is 2.05. The van der Waals surface area contributed by atoms with Crippen molar-refractivity contribution in [3.05, 3.63) is 30.0 Å². The summed E-state index contributed by atoms with van der Waals surface area (Å²) in [6.07, 6.45) is 3.62. The van der Waals surface area contributed by atoms with Crippen LogP contribution in [-0.2, 0) is 6.54 Å². The molecule has 0 aliphatic carbocycles. The maximum Gasteiger partial charge on any atom is 0.140 e. The van der Waals surface area contributed by atoms with Crippen molar-refractivity contribution >= 4 is 5.65 Å². The van der Waals surface area contributed by atoms with Gasteiger partial charge in [-0.25, -0.2) is 9.97 Å². The van der Waals surface area contributed by atoms with Gasteiger partial charge in [-0.05, 0) is 13.0 Å². The fraction of sp³-hybridized carbons (Fsp3) is 0.500. The number of aryl methyl sites for hydroxylation is 1. The highest BCUT2D eigenvalue weighted by molar-refractivity contribution is 5.41. The fourth-order valence-corrected chi connectivity index (χ4v) is 2.29. The van der Waals surface area contributed by atoms with E-state index in [9.17, 15) is 0 Å². The van der Waals surface area contributed by atoms with Gasteiger partial charge in [-0.15, -0.1) is 0 Å². The molecule has 0 spiro atoms. The highest BCUT2D eigenvalue weighted by Gasteiger charge is 2.14. The predicted molar refractivity (Wildman–Crippen MR) is 65.9 cm³/mol. The van der Waals surface area contributed by atoms with Gasteiger partial charge in [0.25, 0.3) is 0 Å². The van der Waals surface area contributed by atoms with Crippen LogP contribution in [0, 0.1) is 6.92 Å². The van der Waals surface area contributed by atoms with Crippen molar-refractivity contribution in [2.45, 2.75) is 13.5 Å². The van der Waals surface area contributed by atoms with E-state index < -0.39 is 0 Å². The molecular formula is C12H17N5. The molecule has 3 heterocycles. The summed E-state index contributed by atoms with van der Waals surface area (Å²) >= 11 is 0. The molecule has 1 aliphatic rings. The third-order valence-corrected chi connectivity index (χ3v) is 3.35. The molecule has 1 aliphatic heterocycles.